The Labute approximate surface area is 166 Å². The summed E-state index contributed by atoms with van der Waals surface area (Å²) in [5.41, 5.74) is 1.45. The van der Waals surface area contributed by atoms with Crippen molar-refractivity contribution in [2.75, 3.05) is 44.7 Å². The van der Waals surface area contributed by atoms with Gasteiger partial charge in [0, 0.05) is 45.2 Å². The van der Waals surface area contributed by atoms with E-state index < -0.39 is 9.84 Å². The molecule has 1 aliphatic heterocycles. The average Bonchev–Trinajstić information content (AvgIpc) is 3.12. The number of amides is 1. The van der Waals surface area contributed by atoms with Gasteiger partial charge < -0.3 is 4.90 Å². The number of pyridine rings is 1. The summed E-state index contributed by atoms with van der Waals surface area (Å²) in [7, 11) is -2.97. The monoisotopic (exact) mass is 405 g/mol. The maximum Gasteiger partial charge on any atom is 0.257 e. The number of sulfone groups is 1. The van der Waals surface area contributed by atoms with Crippen molar-refractivity contribution in [1.82, 2.24) is 24.6 Å². The smallest absolute Gasteiger partial charge is 0.257 e. The quantitative estimate of drug-likeness (QED) is 0.717. The van der Waals surface area contributed by atoms with E-state index in [1.807, 2.05) is 36.9 Å². The second-order valence-electron chi connectivity index (χ2n) is 7.46. The highest BCUT2D eigenvalue weighted by Gasteiger charge is 2.27. The first-order chi connectivity index (χ1) is 13.3. The molecule has 152 valence electrons. The lowest BCUT2D eigenvalue weighted by Gasteiger charge is -2.34. The SMILES string of the molecule is CC(C)c1c(C(=O)N2CCN(CCS(C)(=O)=O)CC2)cnn1-c1ccccn1. The molecular weight excluding hydrogens is 378 g/mol. The van der Waals surface area contributed by atoms with Gasteiger partial charge in [0.15, 0.2) is 5.82 Å². The summed E-state index contributed by atoms with van der Waals surface area (Å²) in [6.07, 6.45) is 4.58. The summed E-state index contributed by atoms with van der Waals surface area (Å²) in [6.45, 7) is 7.09. The first-order valence-corrected chi connectivity index (χ1v) is 11.5. The van der Waals surface area contributed by atoms with Gasteiger partial charge in [-0.2, -0.15) is 5.10 Å². The van der Waals surface area contributed by atoms with E-state index in [1.165, 1.54) is 6.26 Å². The van der Waals surface area contributed by atoms with Crippen molar-refractivity contribution < 1.29 is 13.2 Å². The zero-order valence-electron chi connectivity index (χ0n) is 16.6. The second-order valence-corrected chi connectivity index (χ2v) is 9.72. The van der Waals surface area contributed by atoms with Crippen molar-refractivity contribution in [2.45, 2.75) is 19.8 Å². The largest absolute Gasteiger partial charge is 0.336 e. The lowest BCUT2D eigenvalue weighted by atomic mass is 10.0. The Morgan fingerprint density at radius 2 is 1.89 bits per heavy atom. The first-order valence-electron chi connectivity index (χ1n) is 9.45. The van der Waals surface area contributed by atoms with E-state index in [-0.39, 0.29) is 17.6 Å². The lowest BCUT2D eigenvalue weighted by Crippen LogP contribution is -2.49. The van der Waals surface area contributed by atoms with Crippen LogP contribution in [0.5, 0.6) is 0 Å². The summed E-state index contributed by atoms with van der Waals surface area (Å²) in [5, 5.41) is 4.42. The highest BCUT2D eigenvalue weighted by Crippen LogP contribution is 2.24. The van der Waals surface area contributed by atoms with Gasteiger partial charge in [-0.3, -0.25) is 9.69 Å². The van der Waals surface area contributed by atoms with Crippen LogP contribution in [0.25, 0.3) is 5.82 Å². The molecule has 8 nitrogen and oxygen atoms in total. The Bertz CT molecular complexity index is 916. The van der Waals surface area contributed by atoms with E-state index in [0.717, 1.165) is 5.69 Å². The van der Waals surface area contributed by atoms with E-state index in [9.17, 15) is 13.2 Å². The van der Waals surface area contributed by atoms with Crippen LogP contribution in [0, 0.1) is 0 Å². The molecule has 1 amide bonds. The Hall–Kier alpha value is -2.26. The topological polar surface area (TPSA) is 88.4 Å². The van der Waals surface area contributed by atoms with Gasteiger partial charge in [-0.05, 0) is 18.1 Å². The third-order valence-electron chi connectivity index (χ3n) is 4.89. The molecule has 2 aromatic heterocycles. The minimum absolute atomic E-state index is 0.0337. The van der Waals surface area contributed by atoms with Crippen molar-refractivity contribution in [3.05, 3.63) is 41.9 Å². The van der Waals surface area contributed by atoms with Crippen molar-refractivity contribution in [3.63, 3.8) is 0 Å². The predicted molar refractivity (Wildman–Crippen MR) is 108 cm³/mol. The highest BCUT2D eigenvalue weighted by atomic mass is 32.2. The Kier molecular flexibility index (Phi) is 6.14. The fourth-order valence-electron chi connectivity index (χ4n) is 3.38. The van der Waals surface area contributed by atoms with Gasteiger partial charge in [0.2, 0.25) is 0 Å². The number of hydrogen-bond acceptors (Lipinski definition) is 6. The zero-order valence-corrected chi connectivity index (χ0v) is 17.4. The molecule has 1 fully saturated rings. The molecule has 0 atom stereocenters. The summed E-state index contributed by atoms with van der Waals surface area (Å²) in [6, 6.07) is 5.61. The molecule has 0 bridgehead atoms. The molecule has 0 radical (unpaired) electrons. The number of carbonyl (C=O) groups excluding carboxylic acids is 1. The lowest BCUT2D eigenvalue weighted by molar-refractivity contribution is 0.0642. The fraction of sp³-hybridized carbons (Fsp3) is 0.526. The summed E-state index contributed by atoms with van der Waals surface area (Å²) < 4.78 is 24.4. The fourth-order valence-corrected chi connectivity index (χ4v) is 3.97. The van der Waals surface area contributed by atoms with E-state index in [2.05, 4.69) is 15.0 Å². The van der Waals surface area contributed by atoms with Crippen molar-refractivity contribution in [2.24, 2.45) is 0 Å². The van der Waals surface area contributed by atoms with Gasteiger partial charge in [0.05, 0.1) is 23.2 Å². The standard InChI is InChI=1S/C19H27N5O3S/c1-15(2)18-16(14-21-24(18)17-6-4-5-7-20-17)19(25)23-10-8-22(9-11-23)12-13-28(3,26)27/h4-7,14-15H,8-13H2,1-3H3. The Morgan fingerprint density at radius 1 is 1.18 bits per heavy atom. The number of aromatic nitrogens is 3. The van der Waals surface area contributed by atoms with Gasteiger partial charge in [-0.25, -0.2) is 18.1 Å². The Balaban J connectivity index is 1.73. The van der Waals surface area contributed by atoms with E-state index in [1.54, 1.807) is 17.1 Å². The Morgan fingerprint density at radius 3 is 2.46 bits per heavy atom. The van der Waals surface area contributed by atoms with E-state index >= 15 is 0 Å². The molecular formula is C19H27N5O3S. The minimum Gasteiger partial charge on any atom is -0.336 e. The number of piperazine rings is 1. The predicted octanol–water partition coefficient (Wildman–Crippen LogP) is 1.19. The molecule has 0 saturated carbocycles. The van der Waals surface area contributed by atoms with Gasteiger partial charge in [0.1, 0.15) is 9.84 Å². The van der Waals surface area contributed by atoms with Crippen LogP contribution < -0.4 is 0 Å². The second kappa shape index (κ2) is 8.40. The molecule has 0 aliphatic carbocycles. The van der Waals surface area contributed by atoms with Crippen molar-refractivity contribution in [3.8, 4) is 5.82 Å². The molecule has 1 saturated heterocycles. The normalized spacial score (nSPS) is 15.9. The van der Waals surface area contributed by atoms with Crippen LogP contribution in [0.4, 0.5) is 0 Å². The average molecular weight is 406 g/mol. The van der Waals surface area contributed by atoms with E-state index in [4.69, 9.17) is 0 Å². The van der Waals surface area contributed by atoms with E-state index in [0.29, 0.717) is 44.1 Å². The molecule has 2 aromatic rings. The van der Waals surface area contributed by atoms with Crippen molar-refractivity contribution >= 4 is 15.7 Å². The molecule has 1 aliphatic rings. The molecule has 3 rings (SSSR count). The minimum atomic E-state index is -2.97. The van der Waals surface area contributed by atoms with Crippen LogP contribution in [0.15, 0.2) is 30.6 Å². The molecule has 9 heteroatoms. The molecule has 0 unspecified atom stereocenters. The van der Waals surface area contributed by atoms with Crippen LogP contribution in [-0.2, 0) is 9.84 Å². The third kappa shape index (κ3) is 4.77. The van der Waals surface area contributed by atoms with Crippen LogP contribution >= 0.6 is 0 Å². The van der Waals surface area contributed by atoms with Crippen LogP contribution in [0.1, 0.15) is 35.8 Å². The zero-order chi connectivity index (χ0) is 20.3. The van der Waals surface area contributed by atoms with Crippen molar-refractivity contribution in [1.29, 1.82) is 0 Å². The van der Waals surface area contributed by atoms with Crippen LogP contribution in [0.2, 0.25) is 0 Å². The van der Waals surface area contributed by atoms with Crippen LogP contribution in [0.3, 0.4) is 0 Å². The van der Waals surface area contributed by atoms with Gasteiger partial charge in [0.25, 0.3) is 5.91 Å². The van der Waals surface area contributed by atoms with Crippen LogP contribution in [-0.4, -0.2) is 83.6 Å². The number of rotatable bonds is 6. The molecule has 0 spiro atoms. The third-order valence-corrected chi connectivity index (χ3v) is 5.81. The number of nitrogens with zero attached hydrogens (tertiary/aromatic N) is 5. The molecule has 0 aromatic carbocycles. The molecule has 28 heavy (non-hydrogen) atoms. The molecule has 3 heterocycles. The summed E-state index contributed by atoms with van der Waals surface area (Å²) in [5.74, 6) is 0.916. The summed E-state index contributed by atoms with van der Waals surface area (Å²) >= 11 is 0. The molecule has 0 N–H and O–H groups in total. The van der Waals surface area contributed by atoms with Gasteiger partial charge in [-0.1, -0.05) is 19.9 Å². The maximum absolute atomic E-state index is 13.1. The van der Waals surface area contributed by atoms with Gasteiger partial charge in [-0.15, -0.1) is 0 Å². The summed E-state index contributed by atoms with van der Waals surface area (Å²) in [4.78, 5) is 21.4. The first kappa shape index (κ1) is 20.5. The maximum atomic E-state index is 13.1. The van der Waals surface area contributed by atoms with Gasteiger partial charge >= 0.3 is 0 Å². The number of carbonyl (C=O) groups is 1. The highest BCUT2D eigenvalue weighted by molar-refractivity contribution is 7.90. The number of hydrogen-bond donors (Lipinski definition) is 0.